The van der Waals surface area contributed by atoms with Crippen molar-refractivity contribution in [1.82, 2.24) is 15.5 Å². The summed E-state index contributed by atoms with van der Waals surface area (Å²) in [7, 11) is 0. The molecule has 1 aliphatic heterocycles. The highest BCUT2D eigenvalue weighted by atomic mass is 32.1. The van der Waals surface area contributed by atoms with Crippen LogP contribution in [0, 0.1) is 5.92 Å². The van der Waals surface area contributed by atoms with E-state index in [0.29, 0.717) is 30.1 Å². The number of thiophene rings is 1. The van der Waals surface area contributed by atoms with Crippen LogP contribution in [0.25, 0.3) is 0 Å². The molecule has 0 aliphatic carbocycles. The van der Waals surface area contributed by atoms with E-state index in [9.17, 15) is 19.2 Å². The molecule has 8 nitrogen and oxygen atoms in total. The van der Waals surface area contributed by atoms with Gasteiger partial charge in [0.05, 0.1) is 17.3 Å². The predicted molar refractivity (Wildman–Crippen MR) is 113 cm³/mol. The Hall–Kier alpha value is -3.20. The third-order valence-corrected chi connectivity index (χ3v) is 5.78. The van der Waals surface area contributed by atoms with Crippen LogP contribution in [0.3, 0.4) is 0 Å². The van der Waals surface area contributed by atoms with E-state index < -0.39 is 5.91 Å². The second kappa shape index (κ2) is 10.0. The maximum Gasteiger partial charge on any atom is 0.263 e. The van der Waals surface area contributed by atoms with Gasteiger partial charge in [-0.1, -0.05) is 18.2 Å². The fourth-order valence-electron chi connectivity index (χ4n) is 3.31. The largest absolute Gasteiger partial charge is 0.368 e. The summed E-state index contributed by atoms with van der Waals surface area (Å²) < 4.78 is 0. The fraction of sp³-hybridized carbons (Fsp3) is 0.333. The molecule has 9 heteroatoms. The number of rotatable bonds is 7. The molecule has 2 heterocycles. The number of hydrogen-bond donors (Lipinski definition) is 3. The summed E-state index contributed by atoms with van der Waals surface area (Å²) in [6, 6.07) is 10.4. The van der Waals surface area contributed by atoms with Crippen LogP contribution in [0.1, 0.15) is 38.4 Å². The van der Waals surface area contributed by atoms with Crippen LogP contribution >= 0.6 is 11.3 Å². The summed E-state index contributed by atoms with van der Waals surface area (Å²) in [6.45, 7) is 1.20. The lowest BCUT2D eigenvalue weighted by Gasteiger charge is -2.31. The number of nitrogens with zero attached hydrogens (tertiary/aromatic N) is 1. The Morgan fingerprint density at radius 1 is 1.10 bits per heavy atom. The Labute approximate surface area is 178 Å². The highest BCUT2D eigenvalue weighted by Crippen LogP contribution is 2.21. The Bertz CT molecular complexity index is 912. The van der Waals surface area contributed by atoms with Crippen molar-refractivity contribution < 1.29 is 19.2 Å². The number of benzene rings is 1. The smallest absolute Gasteiger partial charge is 0.263 e. The zero-order chi connectivity index (χ0) is 21.5. The van der Waals surface area contributed by atoms with Crippen LogP contribution in [-0.2, 0) is 16.1 Å². The van der Waals surface area contributed by atoms with E-state index in [1.165, 1.54) is 11.3 Å². The third-order valence-electron chi connectivity index (χ3n) is 4.92. The van der Waals surface area contributed by atoms with Crippen molar-refractivity contribution in [3.8, 4) is 0 Å². The second-order valence-electron chi connectivity index (χ2n) is 7.13. The number of primary amides is 1. The first-order valence-corrected chi connectivity index (χ1v) is 10.6. The van der Waals surface area contributed by atoms with E-state index >= 15 is 0 Å². The van der Waals surface area contributed by atoms with Gasteiger partial charge in [0, 0.05) is 25.2 Å². The van der Waals surface area contributed by atoms with Crippen molar-refractivity contribution in [2.24, 2.45) is 11.7 Å². The zero-order valence-corrected chi connectivity index (χ0v) is 17.2. The summed E-state index contributed by atoms with van der Waals surface area (Å²) >= 11 is 1.41. The molecule has 2 aromatic rings. The average molecular weight is 429 g/mol. The summed E-state index contributed by atoms with van der Waals surface area (Å²) in [5.74, 6) is -1.33. The summed E-state index contributed by atoms with van der Waals surface area (Å²) in [6.07, 6.45) is 1.54. The van der Waals surface area contributed by atoms with E-state index in [0.717, 1.165) is 18.4 Å². The van der Waals surface area contributed by atoms with Gasteiger partial charge in [-0.3, -0.25) is 19.2 Å². The molecular weight excluding hydrogens is 404 g/mol. The molecule has 3 rings (SSSR count). The SMILES string of the molecule is NC(=O)CNC(=O)c1ccc(CNC(=O)C2CCCN(C(=O)c3cccs3)C2)cc1. The van der Waals surface area contributed by atoms with Gasteiger partial charge in [-0.15, -0.1) is 11.3 Å². The van der Waals surface area contributed by atoms with E-state index in [4.69, 9.17) is 5.73 Å². The first-order chi connectivity index (χ1) is 14.4. The van der Waals surface area contributed by atoms with E-state index in [1.54, 1.807) is 35.2 Å². The minimum atomic E-state index is -0.610. The molecule has 158 valence electrons. The number of carbonyl (C=O) groups is 4. The molecular formula is C21H24N4O4S. The van der Waals surface area contributed by atoms with Crippen molar-refractivity contribution in [3.05, 3.63) is 57.8 Å². The van der Waals surface area contributed by atoms with Crippen LogP contribution in [0.2, 0.25) is 0 Å². The minimum absolute atomic E-state index is 0.0206. The van der Waals surface area contributed by atoms with Gasteiger partial charge in [0.1, 0.15) is 0 Å². The zero-order valence-electron chi connectivity index (χ0n) is 16.4. The highest BCUT2D eigenvalue weighted by Gasteiger charge is 2.29. The molecule has 1 atom stereocenters. The lowest BCUT2D eigenvalue weighted by molar-refractivity contribution is -0.126. The van der Waals surface area contributed by atoms with E-state index in [2.05, 4.69) is 10.6 Å². The molecule has 4 amide bonds. The first-order valence-electron chi connectivity index (χ1n) is 9.70. The van der Waals surface area contributed by atoms with Crippen LogP contribution in [0.4, 0.5) is 0 Å². The number of nitrogens with one attached hydrogen (secondary N) is 2. The highest BCUT2D eigenvalue weighted by molar-refractivity contribution is 7.12. The number of carbonyl (C=O) groups excluding carboxylic acids is 4. The molecule has 1 aliphatic rings. The van der Waals surface area contributed by atoms with Crippen molar-refractivity contribution in [1.29, 1.82) is 0 Å². The van der Waals surface area contributed by atoms with Gasteiger partial charge < -0.3 is 21.3 Å². The van der Waals surface area contributed by atoms with Crippen LogP contribution in [0.15, 0.2) is 41.8 Å². The Morgan fingerprint density at radius 3 is 2.53 bits per heavy atom. The molecule has 0 radical (unpaired) electrons. The van der Waals surface area contributed by atoms with Gasteiger partial charge in [0.25, 0.3) is 11.8 Å². The van der Waals surface area contributed by atoms with Crippen LogP contribution in [0.5, 0.6) is 0 Å². The van der Waals surface area contributed by atoms with Crippen LogP contribution in [-0.4, -0.2) is 48.2 Å². The van der Waals surface area contributed by atoms with Crippen molar-refractivity contribution >= 4 is 35.0 Å². The number of nitrogens with two attached hydrogens (primary N) is 1. The lowest BCUT2D eigenvalue weighted by Crippen LogP contribution is -2.45. The van der Waals surface area contributed by atoms with Crippen molar-refractivity contribution in [2.45, 2.75) is 19.4 Å². The summed E-state index contributed by atoms with van der Waals surface area (Å²) in [5.41, 5.74) is 6.26. The number of hydrogen-bond acceptors (Lipinski definition) is 5. The van der Waals surface area contributed by atoms with Crippen molar-refractivity contribution in [3.63, 3.8) is 0 Å². The quantitative estimate of drug-likeness (QED) is 0.612. The van der Waals surface area contributed by atoms with E-state index in [1.807, 2.05) is 11.4 Å². The molecule has 30 heavy (non-hydrogen) atoms. The van der Waals surface area contributed by atoms with Gasteiger partial charge in [0.2, 0.25) is 11.8 Å². The van der Waals surface area contributed by atoms with Crippen molar-refractivity contribution in [2.75, 3.05) is 19.6 Å². The average Bonchev–Trinajstić information content (AvgIpc) is 3.30. The molecule has 1 aromatic carbocycles. The monoisotopic (exact) mass is 428 g/mol. The van der Waals surface area contributed by atoms with Crippen LogP contribution < -0.4 is 16.4 Å². The normalized spacial score (nSPS) is 16.0. The first kappa shape index (κ1) is 21.5. The van der Waals surface area contributed by atoms with Gasteiger partial charge >= 0.3 is 0 Å². The molecule has 0 bridgehead atoms. The third kappa shape index (κ3) is 5.66. The molecule has 1 aromatic heterocycles. The van der Waals surface area contributed by atoms with Gasteiger partial charge in [-0.05, 0) is 42.0 Å². The molecule has 1 unspecified atom stereocenters. The number of amides is 4. The number of piperidine rings is 1. The summed E-state index contributed by atoms with van der Waals surface area (Å²) in [5, 5.41) is 7.20. The lowest BCUT2D eigenvalue weighted by atomic mass is 9.97. The Morgan fingerprint density at radius 2 is 1.87 bits per heavy atom. The van der Waals surface area contributed by atoms with E-state index in [-0.39, 0.29) is 30.2 Å². The predicted octanol–water partition coefficient (Wildman–Crippen LogP) is 1.13. The Kier molecular flexibility index (Phi) is 7.18. The topological polar surface area (TPSA) is 122 Å². The fourth-order valence-corrected chi connectivity index (χ4v) is 4.00. The Balaban J connectivity index is 1.49. The number of likely N-dealkylation sites (tertiary alicyclic amines) is 1. The molecule has 0 saturated carbocycles. The second-order valence-corrected chi connectivity index (χ2v) is 8.08. The minimum Gasteiger partial charge on any atom is -0.368 e. The molecule has 1 saturated heterocycles. The standard InChI is InChI=1S/C21H24N4O4S/c22-18(26)12-24-19(27)15-7-5-14(6-8-15)11-23-20(28)16-3-1-9-25(13-16)21(29)17-4-2-10-30-17/h2,4-8,10,16H,1,3,9,11-13H2,(H2,22,26)(H,23,28)(H,24,27). The molecule has 0 spiro atoms. The summed E-state index contributed by atoms with van der Waals surface area (Å²) in [4.78, 5) is 50.2. The maximum atomic E-state index is 12.6. The van der Waals surface area contributed by atoms with Gasteiger partial charge in [-0.25, -0.2) is 0 Å². The van der Waals surface area contributed by atoms with Gasteiger partial charge in [0.15, 0.2) is 0 Å². The van der Waals surface area contributed by atoms with Gasteiger partial charge in [-0.2, -0.15) is 0 Å². The molecule has 1 fully saturated rings. The molecule has 4 N–H and O–H groups in total. The maximum absolute atomic E-state index is 12.6.